The first-order chi connectivity index (χ1) is 19.4. The zero-order valence-electron chi connectivity index (χ0n) is 22.5. The van der Waals surface area contributed by atoms with Crippen LogP contribution >= 0.6 is 0 Å². The molecule has 6 rings (SSSR count). The molecule has 1 fully saturated rings. The predicted molar refractivity (Wildman–Crippen MR) is 154 cm³/mol. The lowest BCUT2D eigenvalue weighted by molar-refractivity contribution is 0.0648. The molecule has 9 nitrogen and oxygen atoms in total. The van der Waals surface area contributed by atoms with E-state index in [-0.39, 0.29) is 23.4 Å². The minimum Gasteiger partial charge on any atom is -0.386 e. The van der Waals surface area contributed by atoms with Gasteiger partial charge in [-0.3, -0.25) is 24.3 Å². The Hall–Kier alpha value is -4.08. The highest BCUT2D eigenvalue weighted by Crippen LogP contribution is 2.36. The van der Waals surface area contributed by atoms with Gasteiger partial charge in [-0.25, -0.2) is 0 Å². The zero-order valence-corrected chi connectivity index (χ0v) is 22.5. The number of carbonyl (C=O) groups excluding carboxylic acids is 2. The number of anilines is 1. The van der Waals surface area contributed by atoms with Gasteiger partial charge in [0.15, 0.2) is 0 Å². The molecule has 4 heterocycles. The molecule has 206 valence electrons. The molecule has 0 aliphatic carbocycles. The number of likely N-dealkylation sites (tertiary alicyclic amines) is 1. The lowest BCUT2D eigenvalue weighted by atomic mass is 9.99. The number of aromatic nitrogens is 1. The van der Waals surface area contributed by atoms with Crippen molar-refractivity contribution in [2.24, 2.45) is 4.99 Å². The third-order valence-corrected chi connectivity index (χ3v) is 8.09. The number of imide groups is 1. The lowest BCUT2D eigenvalue weighted by Crippen LogP contribution is -2.33. The number of H-pyrrole nitrogens is 1. The number of aliphatic hydroxyl groups is 1. The maximum Gasteiger partial charge on any atom is 0.261 e. The van der Waals surface area contributed by atoms with Crippen LogP contribution in [0.2, 0.25) is 0 Å². The Morgan fingerprint density at radius 3 is 2.48 bits per heavy atom. The quantitative estimate of drug-likeness (QED) is 0.357. The summed E-state index contributed by atoms with van der Waals surface area (Å²) in [4.78, 5) is 50.5. The molecule has 0 spiro atoms. The number of rotatable bonds is 9. The van der Waals surface area contributed by atoms with Crippen LogP contribution in [0.5, 0.6) is 0 Å². The highest BCUT2D eigenvalue weighted by Gasteiger charge is 2.37. The van der Waals surface area contributed by atoms with Crippen molar-refractivity contribution < 1.29 is 14.7 Å². The van der Waals surface area contributed by atoms with Crippen LogP contribution in [0.3, 0.4) is 0 Å². The van der Waals surface area contributed by atoms with Gasteiger partial charge in [-0.15, -0.1) is 0 Å². The van der Waals surface area contributed by atoms with Gasteiger partial charge in [0.05, 0.1) is 45.9 Å². The predicted octanol–water partition coefficient (Wildman–Crippen LogP) is 3.67. The van der Waals surface area contributed by atoms with Crippen molar-refractivity contribution in [3.05, 3.63) is 92.9 Å². The lowest BCUT2D eigenvalue weighted by Gasteiger charge is -2.23. The SMILES string of the molecule is C[C@H](Nc1cc[nH]c(=O)c1C1=Nc2cc3c(cc2C1)C(=O)N(CCCN1CCCC1)C3=O)[C@H](O)c1ccccc1. The Balaban J connectivity index is 1.21. The average Bonchev–Trinajstić information content (AvgIpc) is 3.68. The Labute approximate surface area is 232 Å². The molecular formula is C31H33N5O4. The first-order valence-electron chi connectivity index (χ1n) is 14.0. The van der Waals surface area contributed by atoms with Crippen LogP contribution in [0.1, 0.15) is 69.7 Å². The summed E-state index contributed by atoms with van der Waals surface area (Å²) in [6, 6.07) is 14.2. The van der Waals surface area contributed by atoms with Crippen LogP contribution in [0.4, 0.5) is 11.4 Å². The molecule has 1 saturated heterocycles. The van der Waals surface area contributed by atoms with Crippen LogP contribution in [0.15, 0.2) is 64.5 Å². The van der Waals surface area contributed by atoms with Crippen LogP contribution in [-0.4, -0.2) is 69.6 Å². The molecule has 0 radical (unpaired) electrons. The van der Waals surface area contributed by atoms with Gasteiger partial charge in [0, 0.05) is 19.2 Å². The summed E-state index contributed by atoms with van der Waals surface area (Å²) in [6.07, 6.45) is 4.32. The normalized spacial score (nSPS) is 18.1. The Morgan fingerprint density at radius 1 is 1.00 bits per heavy atom. The molecule has 0 saturated carbocycles. The Morgan fingerprint density at radius 2 is 1.73 bits per heavy atom. The highest BCUT2D eigenvalue weighted by atomic mass is 16.3. The maximum atomic E-state index is 13.2. The number of carbonyl (C=O) groups is 2. The summed E-state index contributed by atoms with van der Waals surface area (Å²) in [5.74, 6) is -0.544. The summed E-state index contributed by atoms with van der Waals surface area (Å²) in [7, 11) is 0. The van der Waals surface area contributed by atoms with Crippen LogP contribution in [0, 0.1) is 0 Å². The highest BCUT2D eigenvalue weighted by molar-refractivity contribution is 6.22. The smallest absolute Gasteiger partial charge is 0.261 e. The first-order valence-corrected chi connectivity index (χ1v) is 14.0. The zero-order chi connectivity index (χ0) is 27.8. The van der Waals surface area contributed by atoms with Gasteiger partial charge in [0.2, 0.25) is 0 Å². The van der Waals surface area contributed by atoms with Crippen LogP contribution in [0.25, 0.3) is 0 Å². The molecule has 0 bridgehead atoms. The number of amides is 2. The molecule has 40 heavy (non-hydrogen) atoms. The molecule has 3 aliphatic rings. The second kappa shape index (κ2) is 10.8. The molecule has 3 N–H and O–H groups in total. The number of nitrogens with zero attached hydrogens (tertiary/aromatic N) is 3. The number of hydrogen-bond acceptors (Lipinski definition) is 7. The number of nitrogens with one attached hydrogen (secondary N) is 2. The fraction of sp³-hybridized carbons (Fsp3) is 0.355. The van der Waals surface area contributed by atoms with Crippen molar-refractivity contribution in [2.45, 2.75) is 44.8 Å². The van der Waals surface area contributed by atoms with E-state index in [1.54, 1.807) is 24.4 Å². The average molecular weight is 540 g/mol. The summed E-state index contributed by atoms with van der Waals surface area (Å²) in [5, 5.41) is 14.1. The van der Waals surface area contributed by atoms with Crippen molar-refractivity contribution in [1.82, 2.24) is 14.8 Å². The number of aliphatic imine (C=N–C) groups is 1. The van der Waals surface area contributed by atoms with E-state index < -0.39 is 6.10 Å². The number of aromatic amines is 1. The number of benzene rings is 2. The van der Waals surface area contributed by atoms with Crippen LogP contribution in [-0.2, 0) is 6.42 Å². The third kappa shape index (κ3) is 4.87. The molecular weight excluding hydrogens is 506 g/mol. The summed E-state index contributed by atoms with van der Waals surface area (Å²) >= 11 is 0. The van der Waals surface area contributed by atoms with Crippen molar-refractivity contribution in [1.29, 1.82) is 0 Å². The van der Waals surface area contributed by atoms with Crippen molar-refractivity contribution in [2.75, 3.05) is 31.5 Å². The number of aliphatic hydroxyl groups excluding tert-OH is 1. The first kappa shape index (κ1) is 26.2. The van der Waals surface area contributed by atoms with E-state index in [1.807, 2.05) is 37.3 Å². The number of pyridine rings is 1. The molecule has 9 heteroatoms. The molecule has 3 aromatic rings. The van der Waals surface area contributed by atoms with Gasteiger partial charge in [-0.05, 0) is 75.1 Å². The second-order valence-electron chi connectivity index (χ2n) is 10.8. The summed E-state index contributed by atoms with van der Waals surface area (Å²) in [6.45, 7) is 5.32. The van der Waals surface area contributed by atoms with Gasteiger partial charge >= 0.3 is 0 Å². The standard InChI is InChI=1S/C31H33N5O4/c1-19(28(37)20-8-3-2-4-9-20)33-24-10-11-32-29(38)27(24)26-17-21-16-22-23(18-25(21)34-26)31(40)36(30(22)39)15-7-14-35-12-5-6-13-35/h2-4,8-11,16,18-19,28,37H,5-7,12-15,17H2,1H3,(H2,32,33,38)/t19-,28-/m0/s1. The third-order valence-electron chi connectivity index (χ3n) is 8.09. The topological polar surface area (TPSA) is 118 Å². The van der Waals surface area contributed by atoms with E-state index in [4.69, 9.17) is 4.99 Å². The van der Waals surface area contributed by atoms with Crippen molar-refractivity contribution in [3.63, 3.8) is 0 Å². The van der Waals surface area contributed by atoms with Gasteiger partial charge in [0.1, 0.15) is 0 Å². The van der Waals surface area contributed by atoms with Gasteiger partial charge in [0.25, 0.3) is 17.4 Å². The van der Waals surface area contributed by atoms with E-state index in [0.29, 0.717) is 46.7 Å². The van der Waals surface area contributed by atoms with Gasteiger partial charge in [-0.1, -0.05) is 30.3 Å². The molecule has 0 unspecified atom stereocenters. The minimum absolute atomic E-state index is 0.263. The fourth-order valence-electron chi connectivity index (χ4n) is 5.94. The largest absolute Gasteiger partial charge is 0.386 e. The van der Waals surface area contributed by atoms with Gasteiger partial charge in [-0.2, -0.15) is 0 Å². The van der Waals surface area contributed by atoms with E-state index in [2.05, 4.69) is 15.2 Å². The maximum absolute atomic E-state index is 13.2. The van der Waals surface area contributed by atoms with Crippen molar-refractivity contribution in [3.8, 4) is 0 Å². The monoisotopic (exact) mass is 539 g/mol. The molecule has 3 aliphatic heterocycles. The van der Waals surface area contributed by atoms with E-state index in [9.17, 15) is 19.5 Å². The van der Waals surface area contributed by atoms with E-state index in [0.717, 1.165) is 37.2 Å². The van der Waals surface area contributed by atoms with Gasteiger partial charge < -0.3 is 20.3 Å². The Bertz CT molecular complexity index is 1540. The summed E-state index contributed by atoms with van der Waals surface area (Å²) in [5.41, 5.74) is 4.13. The second-order valence-corrected chi connectivity index (χ2v) is 10.8. The molecule has 1 aromatic heterocycles. The molecule has 2 amide bonds. The molecule has 2 aromatic carbocycles. The van der Waals surface area contributed by atoms with Crippen molar-refractivity contribution >= 4 is 28.9 Å². The molecule has 2 atom stereocenters. The summed E-state index contributed by atoms with van der Waals surface area (Å²) < 4.78 is 0. The van der Waals surface area contributed by atoms with Crippen LogP contribution < -0.4 is 10.9 Å². The number of fused-ring (bicyclic) bond motifs is 2. The van der Waals surface area contributed by atoms with E-state index >= 15 is 0 Å². The number of hydrogen-bond donors (Lipinski definition) is 3. The fourth-order valence-corrected chi connectivity index (χ4v) is 5.94. The Kier molecular flexibility index (Phi) is 7.08. The van der Waals surface area contributed by atoms with E-state index in [1.165, 1.54) is 17.7 Å². The minimum atomic E-state index is -0.783.